The lowest BCUT2D eigenvalue weighted by atomic mass is 10.1. The Bertz CT molecular complexity index is 1460. The van der Waals surface area contributed by atoms with Gasteiger partial charge in [0, 0.05) is 41.6 Å². The van der Waals surface area contributed by atoms with Gasteiger partial charge in [-0.1, -0.05) is 29.8 Å². The first-order valence-electron chi connectivity index (χ1n) is 11.4. The lowest BCUT2D eigenvalue weighted by Gasteiger charge is -2.35. The van der Waals surface area contributed by atoms with Gasteiger partial charge in [-0.25, -0.2) is 18.4 Å². The molecule has 3 heterocycles. The van der Waals surface area contributed by atoms with Gasteiger partial charge >= 0.3 is 0 Å². The zero-order valence-electron chi connectivity index (χ0n) is 18.4. The van der Waals surface area contributed by atoms with E-state index in [-0.39, 0.29) is 0 Å². The summed E-state index contributed by atoms with van der Waals surface area (Å²) in [6.45, 7) is 2.02. The molecule has 34 heavy (non-hydrogen) atoms. The molecule has 1 saturated heterocycles. The number of nitrogens with zero attached hydrogens (tertiary/aromatic N) is 4. The predicted molar refractivity (Wildman–Crippen MR) is 137 cm³/mol. The van der Waals surface area contributed by atoms with E-state index in [9.17, 15) is 8.42 Å². The molecule has 1 fully saturated rings. The second-order valence-electron chi connectivity index (χ2n) is 8.62. The number of halogens is 1. The maximum atomic E-state index is 13.1. The summed E-state index contributed by atoms with van der Waals surface area (Å²) >= 11 is 7.86. The third-order valence-electron chi connectivity index (χ3n) is 6.57. The van der Waals surface area contributed by atoms with E-state index in [4.69, 9.17) is 21.6 Å². The van der Waals surface area contributed by atoms with Crippen LogP contribution in [0, 0.1) is 0 Å². The zero-order valence-corrected chi connectivity index (χ0v) is 20.8. The van der Waals surface area contributed by atoms with Crippen LogP contribution in [0.15, 0.2) is 59.5 Å². The maximum Gasteiger partial charge on any atom is 0.243 e. The molecule has 2 aromatic heterocycles. The first-order valence-corrected chi connectivity index (χ1v) is 14.0. The van der Waals surface area contributed by atoms with Crippen molar-refractivity contribution >= 4 is 49.0 Å². The van der Waals surface area contributed by atoms with Gasteiger partial charge in [-0.05, 0) is 61.2 Å². The first kappa shape index (κ1) is 22.0. The molecule has 6 rings (SSSR count). The molecule has 0 atom stereocenters. The minimum Gasteiger partial charge on any atom is -0.353 e. The van der Waals surface area contributed by atoms with E-state index < -0.39 is 10.0 Å². The largest absolute Gasteiger partial charge is 0.353 e. The smallest absolute Gasteiger partial charge is 0.243 e. The van der Waals surface area contributed by atoms with Crippen LogP contribution in [-0.2, 0) is 22.9 Å². The Hall–Kier alpha value is -2.52. The number of hydrogen-bond acceptors (Lipinski definition) is 6. The van der Waals surface area contributed by atoms with Crippen molar-refractivity contribution in [3.8, 4) is 11.4 Å². The van der Waals surface area contributed by atoms with E-state index in [1.807, 2.05) is 30.3 Å². The van der Waals surface area contributed by atoms with Crippen LogP contribution in [0.25, 0.3) is 21.6 Å². The van der Waals surface area contributed by atoms with Crippen LogP contribution in [0.5, 0.6) is 0 Å². The van der Waals surface area contributed by atoms with Gasteiger partial charge in [0.15, 0.2) is 5.82 Å². The highest BCUT2D eigenvalue weighted by Gasteiger charge is 2.31. The van der Waals surface area contributed by atoms with Gasteiger partial charge < -0.3 is 4.90 Å². The molecule has 2 aliphatic rings. The lowest BCUT2D eigenvalue weighted by Crippen LogP contribution is -2.49. The van der Waals surface area contributed by atoms with Crippen molar-refractivity contribution in [3.63, 3.8) is 0 Å². The second kappa shape index (κ2) is 8.61. The standard InChI is InChI=1S/C25H23ClN4O2S2/c26-18-11-9-17(10-12-18)23-27-24(22-20-7-4-8-21(20)33-25(22)28-23)29-13-15-30(16-14-29)34(31,32)19-5-2-1-3-6-19/h1-3,5-6,9-12H,4,7-8,13-16H2. The average Bonchev–Trinajstić information content (AvgIpc) is 3.46. The molecule has 0 saturated carbocycles. The molecule has 1 aliphatic carbocycles. The van der Waals surface area contributed by atoms with Gasteiger partial charge in [0.1, 0.15) is 10.6 Å². The van der Waals surface area contributed by atoms with Crippen molar-refractivity contribution in [3.05, 3.63) is 70.1 Å². The molecule has 0 spiro atoms. The van der Waals surface area contributed by atoms with Crippen molar-refractivity contribution in [1.29, 1.82) is 0 Å². The van der Waals surface area contributed by atoms with E-state index in [1.54, 1.807) is 39.9 Å². The number of thiophene rings is 1. The SMILES string of the molecule is O=S(=O)(c1ccccc1)N1CCN(c2nc(-c3ccc(Cl)cc3)nc3sc4c(c23)CCC4)CC1. The summed E-state index contributed by atoms with van der Waals surface area (Å²) < 4.78 is 27.8. The monoisotopic (exact) mass is 510 g/mol. The maximum absolute atomic E-state index is 13.1. The van der Waals surface area contributed by atoms with Gasteiger partial charge in [-0.3, -0.25) is 0 Å². The van der Waals surface area contributed by atoms with Crippen LogP contribution < -0.4 is 4.90 Å². The summed E-state index contributed by atoms with van der Waals surface area (Å²) in [5.41, 5.74) is 2.29. The molecule has 6 nitrogen and oxygen atoms in total. The van der Waals surface area contributed by atoms with Gasteiger partial charge in [0.2, 0.25) is 10.0 Å². The fraction of sp³-hybridized carbons (Fsp3) is 0.280. The van der Waals surface area contributed by atoms with E-state index >= 15 is 0 Å². The summed E-state index contributed by atoms with van der Waals surface area (Å²) in [7, 11) is -3.50. The third kappa shape index (κ3) is 3.79. The minimum atomic E-state index is -3.50. The van der Waals surface area contributed by atoms with Crippen molar-refractivity contribution in [2.45, 2.75) is 24.2 Å². The topological polar surface area (TPSA) is 66.4 Å². The molecule has 1 aliphatic heterocycles. The Morgan fingerprint density at radius 2 is 1.62 bits per heavy atom. The van der Waals surface area contributed by atoms with Crippen molar-refractivity contribution in [2.75, 3.05) is 31.1 Å². The fourth-order valence-electron chi connectivity index (χ4n) is 4.82. The summed E-state index contributed by atoms with van der Waals surface area (Å²) in [6.07, 6.45) is 3.31. The highest BCUT2D eigenvalue weighted by atomic mass is 35.5. The number of piperazine rings is 1. The molecule has 0 N–H and O–H groups in total. The molecule has 0 amide bonds. The van der Waals surface area contributed by atoms with Crippen LogP contribution in [0.4, 0.5) is 5.82 Å². The lowest BCUT2D eigenvalue weighted by molar-refractivity contribution is 0.384. The number of anilines is 1. The van der Waals surface area contributed by atoms with Crippen LogP contribution >= 0.6 is 22.9 Å². The van der Waals surface area contributed by atoms with E-state index in [0.29, 0.717) is 41.9 Å². The summed E-state index contributed by atoms with van der Waals surface area (Å²) in [4.78, 5) is 14.9. The van der Waals surface area contributed by atoms with E-state index in [2.05, 4.69) is 4.90 Å². The Morgan fingerprint density at radius 1 is 0.882 bits per heavy atom. The Morgan fingerprint density at radius 3 is 2.35 bits per heavy atom. The minimum absolute atomic E-state index is 0.341. The van der Waals surface area contributed by atoms with Crippen molar-refractivity contribution in [1.82, 2.24) is 14.3 Å². The molecule has 4 aromatic rings. The second-order valence-corrected chi connectivity index (χ2v) is 12.1. The quantitative estimate of drug-likeness (QED) is 0.386. The van der Waals surface area contributed by atoms with Crippen LogP contribution in [0.3, 0.4) is 0 Å². The molecule has 0 bridgehead atoms. The molecule has 9 heteroatoms. The number of rotatable bonds is 4. The van der Waals surface area contributed by atoms with Gasteiger partial charge in [-0.15, -0.1) is 11.3 Å². The van der Waals surface area contributed by atoms with E-state index in [1.165, 1.54) is 16.9 Å². The number of sulfonamides is 1. The molecular weight excluding hydrogens is 488 g/mol. The summed E-state index contributed by atoms with van der Waals surface area (Å²) in [6, 6.07) is 16.3. The number of aryl methyl sites for hydroxylation is 2. The number of benzene rings is 2. The molecule has 2 aromatic carbocycles. The first-order chi connectivity index (χ1) is 16.5. The number of fused-ring (bicyclic) bond motifs is 3. The van der Waals surface area contributed by atoms with Crippen molar-refractivity contribution in [2.24, 2.45) is 0 Å². The van der Waals surface area contributed by atoms with E-state index in [0.717, 1.165) is 34.4 Å². The van der Waals surface area contributed by atoms with Crippen LogP contribution in [0.1, 0.15) is 16.9 Å². The normalized spacial score (nSPS) is 16.8. The van der Waals surface area contributed by atoms with Gasteiger partial charge in [-0.2, -0.15) is 4.31 Å². The zero-order chi connectivity index (χ0) is 23.3. The fourth-order valence-corrected chi connectivity index (χ4v) is 7.64. The Balaban J connectivity index is 1.36. The Labute approximate surface area is 207 Å². The molecule has 174 valence electrons. The molecule has 0 radical (unpaired) electrons. The molecular formula is C25H23ClN4O2S2. The third-order valence-corrected chi connectivity index (χ3v) is 9.92. The van der Waals surface area contributed by atoms with Crippen LogP contribution in [-0.4, -0.2) is 48.9 Å². The predicted octanol–water partition coefficient (Wildman–Crippen LogP) is 5.01. The number of hydrogen-bond donors (Lipinski definition) is 0. The highest BCUT2D eigenvalue weighted by Crippen LogP contribution is 2.42. The Kier molecular flexibility index (Phi) is 5.56. The number of aromatic nitrogens is 2. The highest BCUT2D eigenvalue weighted by molar-refractivity contribution is 7.89. The summed E-state index contributed by atoms with van der Waals surface area (Å²) in [5, 5.41) is 1.82. The summed E-state index contributed by atoms with van der Waals surface area (Å²) in [5.74, 6) is 1.60. The van der Waals surface area contributed by atoms with Crippen LogP contribution in [0.2, 0.25) is 5.02 Å². The van der Waals surface area contributed by atoms with Gasteiger partial charge in [0.05, 0.1) is 10.3 Å². The van der Waals surface area contributed by atoms with Crippen molar-refractivity contribution < 1.29 is 8.42 Å². The van der Waals surface area contributed by atoms with Gasteiger partial charge in [0.25, 0.3) is 0 Å². The molecule has 0 unspecified atom stereocenters. The average molecular weight is 511 g/mol.